The van der Waals surface area contributed by atoms with Crippen LogP contribution >= 0.6 is 0 Å². The Kier molecular flexibility index (Phi) is 1.35. The van der Waals surface area contributed by atoms with Crippen LogP contribution in [-0.2, 0) is 4.79 Å². The normalized spacial score (nSPS) is 47.8. The van der Waals surface area contributed by atoms with Gasteiger partial charge in [-0.1, -0.05) is 12.5 Å². The zero-order valence-corrected chi connectivity index (χ0v) is 8.18. The second kappa shape index (κ2) is 2.26. The third-order valence-corrected chi connectivity index (χ3v) is 4.33. The average Bonchev–Trinajstić information content (AvgIpc) is 2.86. The van der Waals surface area contributed by atoms with Gasteiger partial charge in [-0.3, -0.25) is 4.79 Å². The topological polar surface area (TPSA) is 17.1 Å². The Labute approximate surface area is 79.2 Å². The van der Waals surface area contributed by atoms with Crippen LogP contribution < -0.4 is 0 Å². The van der Waals surface area contributed by atoms with Crippen LogP contribution in [0.3, 0.4) is 0 Å². The molecule has 0 spiro atoms. The molecule has 1 nitrogen and oxygen atoms in total. The lowest BCUT2D eigenvalue weighted by atomic mass is 9.66. The fraction of sp³-hybridized carbons (Fsp3) is 0.750. The molecule has 0 saturated heterocycles. The van der Waals surface area contributed by atoms with Crippen LogP contribution in [0.1, 0.15) is 39.0 Å². The first-order chi connectivity index (χ1) is 6.19. The minimum Gasteiger partial charge on any atom is -0.295 e. The summed E-state index contributed by atoms with van der Waals surface area (Å²) in [7, 11) is 0. The summed E-state index contributed by atoms with van der Waals surface area (Å²) in [6.07, 6.45) is 7.99. The summed E-state index contributed by atoms with van der Waals surface area (Å²) >= 11 is 0. The van der Waals surface area contributed by atoms with Crippen molar-refractivity contribution in [1.29, 1.82) is 0 Å². The molecule has 70 valence electrons. The summed E-state index contributed by atoms with van der Waals surface area (Å²) in [5, 5.41) is 0. The Bertz CT molecular complexity index is 302. The van der Waals surface area contributed by atoms with Crippen molar-refractivity contribution < 1.29 is 4.79 Å². The van der Waals surface area contributed by atoms with E-state index >= 15 is 0 Å². The van der Waals surface area contributed by atoms with Crippen LogP contribution in [-0.4, -0.2) is 5.78 Å². The van der Waals surface area contributed by atoms with Gasteiger partial charge in [0.05, 0.1) is 0 Å². The Balaban J connectivity index is 2.01. The van der Waals surface area contributed by atoms with Crippen molar-refractivity contribution in [2.75, 3.05) is 0 Å². The molecular weight excluding hydrogens is 160 g/mol. The van der Waals surface area contributed by atoms with Crippen LogP contribution in [0.15, 0.2) is 11.6 Å². The predicted octanol–water partition coefficient (Wildman–Crippen LogP) is 2.71. The van der Waals surface area contributed by atoms with Crippen molar-refractivity contribution in [3.8, 4) is 0 Å². The van der Waals surface area contributed by atoms with Crippen LogP contribution in [0, 0.1) is 17.3 Å². The number of carbonyl (C=O) groups is 1. The third kappa shape index (κ3) is 1.02. The number of carbonyl (C=O) groups excluding carboxylic acids is 1. The monoisotopic (exact) mass is 176 g/mol. The Morgan fingerprint density at radius 3 is 3.15 bits per heavy atom. The largest absolute Gasteiger partial charge is 0.295 e. The molecular formula is C12H16O. The second-order valence-electron chi connectivity index (χ2n) is 5.27. The molecule has 2 fully saturated rings. The van der Waals surface area contributed by atoms with Crippen LogP contribution in [0.5, 0.6) is 0 Å². The Hall–Kier alpha value is -0.590. The summed E-state index contributed by atoms with van der Waals surface area (Å²) in [6.45, 7) is 2.36. The summed E-state index contributed by atoms with van der Waals surface area (Å²) in [5.41, 5.74) is 1.92. The maximum Gasteiger partial charge on any atom is 0.155 e. The van der Waals surface area contributed by atoms with Crippen molar-refractivity contribution >= 4 is 5.78 Å². The lowest BCUT2D eigenvalue weighted by Crippen LogP contribution is -2.29. The van der Waals surface area contributed by atoms with E-state index in [1.165, 1.54) is 24.8 Å². The molecule has 3 rings (SSSR count). The third-order valence-electron chi connectivity index (χ3n) is 4.33. The smallest absolute Gasteiger partial charge is 0.155 e. The lowest BCUT2D eigenvalue weighted by molar-refractivity contribution is -0.115. The molecule has 0 heterocycles. The number of allylic oxidation sites excluding steroid dienone is 2. The van der Waals surface area contributed by atoms with Gasteiger partial charge in [0.2, 0.25) is 0 Å². The summed E-state index contributed by atoms with van der Waals surface area (Å²) in [6, 6.07) is 0. The quantitative estimate of drug-likeness (QED) is 0.554. The fourth-order valence-corrected chi connectivity index (χ4v) is 3.24. The van der Waals surface area contributed by atoms with Gasteiger partial charge in [-0.2, -0.15) is 0 Å². The van der Waals surface area contributed by atoms with Crippen molar-refractivity contribution in [3.63, 3.8) is 0 Å². The van der Waals surface area contributed by atoms with Crippen molar-refractivity contribution in [2.24, 2.45) is 17.3 Å². The van der Waals surface area contributed by atoms with Gasteiger partial charge in [0.15, 0.2) is 5.78 Å². The van der Waals surface area contributed by atoms with E-state index in [9.17, 15) is 4.79 Å². The van der Waals surface area contributed by atoms with E-state index in [1.807, 2.05) is 6.08 Å². The molecule has 0 amide bonds. The SMILES string of the molecule is C[C@@]12CCC(=O)C=C1[C@H]1C[C@H]1CC2. The highest BCUT2D eigenvalue weighted by atomic mass is 16.1. The second-order valence-corrected chi connectivity index (χ2v) is 5.27. The fourth-order valence-electron chi connectivity index (χ4n) is 3.24. The molecule has 0 aromatic carbocycles. The standard InChI is InChI=1S/C12H16O/c1-12-4-2-8-6-10(8)11(12)7-9(13)3-5-12/h7-8,10H,2-6H2,1H3/t8-,10+,12-/m1/s1. The zero-order chi connectivity index (χ0) is 9.05. The Morgan fingerprint density at radius 2 is 2.31 bits per heavy atom. The highest BCUT2D eigenvalue weighted by Crippen LogP contribution is 2.61. The van der Waals surface area contributed by atoms with E-state index < -0.39 is 0 Å². The minimum absolute atomic E-state index is 0.375. The molecule has 3 atom stereocenters. The summed E-state index contributed by atoms with van der Waals surface area (Å²) < 4.78 is 0. The predicted molar refractivity (Wildman–Crippen MR) is 51.3 cm³/mol. The maximum atomic E-state index is 11.3. The van der Waals surface area contributed by atoms with Gasteiger partial charge in [0.25, 0.3) is 0 Å². The highest BCUT2D eigenvalue weighted by Gasteiger charge is 2.51. The lowest BCUT2D eigenvalue weighted by Gasteiger charge is -2.38. The number of hydrogen-bond acceptors (Lipinski definition) is 1. The highest BCUT2D eigenvalue weighted by molar-refractivity contribution is 5.91. The van der Waals surface area contributed by atoms with Crippen LogP contribution in [0.2, 0.25) is 0 Å². The van der Waals surface area contributed by atoms with Gasteiger partial charge >= 0.3 is 0 Å². The van der Waals surface area contributed by atoms with Gasteiger partial charge < -0.3 is 0 Å². The first-order valence-electron chi connectivity index (χ1n) is 5.44. The number of hydrogen-bond donors (Lipinski definition) is 0. The zero-order valence-electron chi connectivity index (χ0n) is 8.18. The molecule has 0 radical (unpaired) electrons. The van der Waals surface area contributed by atoms with Crippen molar-refractivity contribution in [3.05, 3.63) is 11.6 Å². The summed E-state index contributed by atoms with van der Waals surface area (Å²) in [4.78, 5) is 11.3. The van der Waals surface area contributed by atoms with E-state index in [0.29, 0.717) is 11.2 Å². The summed E-state index contributed by atoms with van der Waals surface area (Å²) in [5.74, 6) is 2.13. The Morgan fingerprint density at radius 1 is 1.46 bits per heavy atom. The number of ketones is 1. The van der Waals surface area contributed by atoms with Crippen LogP contribution in [0.4, 0.5) is 0 Å². The van der Waals surface area contributed by atoms with Gasteiger partial charge in [-0.05, 0) is 49.0 Å². The molecule has 0 unspecified atom stereocenters. The molecule has 0 aliphatic heterocycles. The maximum absolute atomic E-state index is 11.3. The minimum atomic E-state index is 0.375. The van der Waals surface area contributed by atoms with Gasteiger partial charge in [-0.25, -0.2) is 0 Å². The van der Waals surface area contributed by atoms with Crippen molar-refractivity contribution in [2.45, 2.75) is 39.0 Å². The molecule has 3 aliphatic rings. The first-order valence-corrected chi connectivity index (χ1v) is 5.44. The molecule has 0 aromatic heterocycles. The van der Waals surface area contributed by atoms with E-state index in [4.69, 9.17) is 0 Å². The van der Waals surface area contributed by atoms with E-state index in [0.717, 1.165) is 24.7 Å². The van der Waals surface area contributed by atoms with Crippen molar-refractivity contribution in [1.82, 2.24) is 0 Å². The molecule has 0 aromatic rings. The molecule has 13 heavy (non-hydrogen) atoms. The van der Waals surface area contributed by atoms with Gasteiger partial charge in [-0.15, -0.1) is 0 Å². The molecule has 0 bridgehead atoms. The molecule has 3 aliphatic carbocycles. The number of fused-ring (bicyclic) bond motifs is 3. The molecule has 2 saturated carbocycles. The first kappa shape index (κ1) is 7.78. The van der Waals surface area contributed by atoms with Crippen LogP contribution in [0.25, 0.3) is 0 Å². The van der Waals surface area contributed by atoms with Gasteiger partial charge in [0.1, 0.15) is 0 Å². The van der Waals surface area contributed by atoms with E-state index in [-0.39, 0.29) is 0 Å². The average molecular weight is 176 g/mol. The number of rotatable bonds is 0. The molecule has 0 N–H and O–H groups in total. The van der Waals surface area contributed by atoms with E-state index in [2.05, 4.69) is 6.92 Å². The van der Waals surface area contributed by atoms with Gasteiger partial charge in [0, 0.05) is 6.42 Å². The van der Waals surface area contributed by atoms with E-state index in [1.54, 1.807) is 0 Å². The molecule has 1 heteroatoms.